The maximum atomic E-state index is 12.1. The molecule has 0 aliphatic rings. The fraction of sp³-hybridized carbons (Fsp3) is 0.0435. The topological polar surface area (TPSA) is 110 Å². The van der Waals surface area contributed by atoms with Crippen molar-refractivity contribution in [1.82, 2.24) is 19.9 Å². The van der Waals surface area contributed by atoms with Gasteiger partial charge in [-0.3, -0.25) is 19.6 Å². The average molecular weight is 410 g/mol. The molecule has 0 bridgehead atoms. The number of benzene rings is 2. The van der Waals surface area contributed by atoms with Gasteiger partial charge in [-0.15, -0.1) is 0 Å². The highest BCUT2D eigenvalue weighted by Gasteiger charge is 2.08. The van der Waals surface area contributed by atoms with Crippen LogP contribution in [-0.2, 0) is 6.42 Å². The van der Waals surface area contributed by atoms with Crippen LogP contribution in [0.25, 0.3) is 0 Å². The third-order valence-corrected chi connectivity index (χ3v) is 4.42. The molecule has 0 atom stereocenters. The van der Waals surface area contributed by atoms with Crippen LogP contribution in [0.1, 0.15) is 32.1 Å². The van der Waals surface area contributed by atoms with Crippen LogP contribution >= 0.6 is 0 Å². The van der Waals surface area contributed by atoms with E-state index in [1.54, 1.807) is 0 Å². The van der Waals surface area contributed by atoms with Gasteiger partial charge in [0.15, 0.2) is 0 Å². The van der Waals surface area contributed by atoms with Crippen LogP contribution in [0.5, 0.6) is 0 Å². The van der Waals surface area contributed by atoms with Crippen LogP contribution in [0.4, 0.5) is 11.4 Å². The van der Waals surface area contributed by atoms with Gasteiger partial charge in [0, 0.05) is 36.2 Å². The zero-order valence-corrected chi connectivity index (χ0v) is 16.4. The van der Waals surface area contributed by atoms with Gasteiger partial charge in [-0.25, -0.2) is 9.97 Å². The molecule has 0 radical (unpaired) electrons. The molecule has 2 aromatic heterocycles. The Hall–Kier alpha value is -4.46. The maximum absolute atomic E-state index is 12.1. The summed E-state index contributed by atoms with van der Waals surface area (Å²) < 4.78 is 0. The van der Waals surface area contributed by atoms with E-state index in [1.165, 1.54) is 37.2 Å². The van der Waals surface area contributed by atoms with Gasteiger partial charge in [-0.05, 0) is 41.8 Å². The van der Waals surface area contributed by atoms with Crippen molar-refractivity contribution in [3.05, 3.63) is 108 Å². The number of anilines is 2. The molecule has 152 valence electrons. The minimum atomic E-state index is -0.306. The van der Waals surface area contributed by atoms with Crippen molar-refractivity contribution < 1.29 is 9.59 Å². The monoisotopic (exact) mass is 410 g/mol. The summed E-state index contributed by atoms with van der Waals surface area (Å²) in [5.74, 6) is -0.611. The Morgan fingerprint density at radius 3 is 1.39 bits per heavy atom. The van der Waals surface area contributed by atoms with Gasteiger partial charge >= 0.3 is 0 Å². The second-order valence-electron chi connectivity index (χ2n) is 6.66. The van der Waals surface area contributed by atoms with E-state index in [-0.39, 0.29) is 23.2 Å². The smallest absolute Gasteiger partial charge is 0.275 e. The molecule has 4 aromatic rings. The van der Waals surface area contributed by atoms with E-state index in [1.807, 2.05) is 48.5 Å². The van der Waals surface area contributed by atoms with Crippen LogP contribution in [0, 0.1) is 0 Å². The first-order valence-corrected chi connectivity index (χ1v) is 9.50. The molecule has 8 heteroatoms. The first kappa shape index (κ1) is 19.8. The summed E-state index contributed by atoms with van der Waals surface area (Å²) in [6, 6.07) is 15.2. The Morgan fingerprint density at radius 1 is 0.613 bits per heavy atom. The van der Waals surface area contributed by atoms with E-state index in [0.717, 1.165) is 17.5 Å². The molecule has 2 N–H and O–H groups in total. The predicted octanol–water partition coefficient (Wildman–Crippen LogP) is 3.36. The summed E-state index contributed by atoms with van der Waals surface area (Å²) in [6.07, 6.45) is 9.55. The van der Waals surface area contributed by atoms with Gasteiger partial charge in [0.1, 0.15) is 11.4 Å². The fourth-order valence-corrected chi connectivity index (χ4v) is 2.87. The number of nitrogens with one attached hydrogen (secondary N) is 2. The van der Waals surface area contributed by atoms with Crippen LogP contribution in [0.3, 0.4) is 0 Å². The van der Waals surface area contributed by atoms with E-state index >= 15 is 0 Å². The number of hydrogen-bond donors (Lipinski definition) is 2. The van der Waals surface area contributed by atoms with Gasteiger partial charge in [-0.1, -0.05) is 24.3 Å². The lowest BCUT2D eigenvalue weighted by Gasteiger charge is -2.08. The molecule has 0 fully saturated rings. The molecule has 0 spiro atoms. The molecular weight excluding hydrogens is 392 g/mol. The van der Waals surface area contributed by atoms with Crippen molar-refractivity contribution in [2.45, 2.75) is 6.42 Å². The molecule has 2 heterocycles. The van der Waals surface area contributed by atoms with E-state index in [4.69, 9.17) is 0 Å². The average Bonchev–Trinajstić information content (AvgIpc) is 2.82. The zero-order chi connectivity index (χ0) is 21.5. The number of nitrogens with zero attached hydrogens (tertiary/aromatic N) is 4. The maximum Gasteiger partial charge on any atom is 0.275 e. The number of amides is 2. The molecule has 2 amide bonds. The quantitative estimate of drug-likeness (QED) is 0.504. The summed E-state index contributed by atoms with van der Waals surface area (Å²) in [5.41, 5.74) is 4.07. The lowest BCUT2D eigenvalue weighted by molar-refractivity contribution is 0.101. The standard InChI is InChI=1S/C23H18N6O2/c30-22(20-14-24-9-11-26-20)28-18-5-1-16(2-6-18)13-17-3-7-19(8-4-17)29-23(31)21-15-25-10-12-27-21/h1-12,14-15H,13H2,(H,28,30)(H,29,31). The lowest BCUT2D eigenvalue weighted by Crippen LogP contribution is -2.13. The van der Waals surface area contributed by atoms with E-state index in [9.17, 15) is 9.59 Å². The van der Waals surface area contributed by atoms with Crippen molar-refractivity contribution >= 4 is 23.2 Å². The fourth-order valence-electron chi connectivity index (χ4n) is 2.87. The molecule has 8 nitrogen and oxygen atoms in total. The summed E-state index contributed by atoms with van der Waals surface area (Å²) in [5, 5.41) is 5.59. The number of rotatable bonds is 6. The zero-order valence-electron chi connectivity index (χ0n) is 16.4. The van der Waals surface area contributed by atoms with Crippen LogP contribution in [0.15, 0.2) is 85.7 Å². The van der Waals surface area contributed by atoms with E-state index < -0.39 is 0 Å². The minimum Gasteiger partial charge on any atom is -0.321 e. The first-order valence-electron chi connectivity index (χ1n) is 9.50. The molecule has 2 aromatic carbocycles. The SMILES string of the molecule is O=C(Nc1ccc(Cc2ccc(NC(=O)c3cnccn3)cc2)cc1)c1cnccn1. The van der Waals surface area contributed by atoms with Crippen molar-refractivity contribution in [3.8, 4) is 0 Å². The summed E-state index contributed by atoms with van der Waals surface area (Å²) >= 11 is 0. The third kappa shape index (κ3) is 5.33. The van der Waals surface area contributed by atoms with E-state index in [2.05, 4.69) is 30.6 Å². The molecule has 0 aliphatic heterocycles. The Kier molecular flexibility index (Phi) is 5.99. The van der Waals surface area contributed by atoms with Crippen LogP contribution < -0.4 is 10.6 Å². The Morgan fingerprint density at radius 2 is 1.03 bits per heavy atom. The molecular formula is C23H18N6O2. The molecule has 4 rings (SSSR count). The van der Waals surface area contributed by atoms with Crippen molar-refractivity contribution in [2.75, 3.05) is 10.6 Å². The van der Waals surface area contributed by atoms with Crippen LogP contribution in [0.2, 0.25) is 0 Å². The lowest BCUT2D eigenvalue weighted by atomic mass is 10.0. The highest BCUT2D eigenvalue weighted by molar-refractivity contribution is 6.03. The normalized spacial score (nSPS) is 10.3. The van der Waals surface area contributed by atoms with E-state index in [0.29, 0.717) is 11.4 Å². The Balaban J connectivity index is 1.34. The second-order valence-corrected chi connectivity index (χ2v) is 6.66. The molecule has 0 aliphatic carbocycles. The van der Waals surface area contributed by atoms with Crippen molar-refractivity contribution in [3.63, 3.8) is 0 Å². The molecule has 31 heavy (non-hydrogen) atoms. The van der Waals surface area contributed by atoms with Gasteiger partial charge in [0.05, 0.1) is 12.4 Å². The van der Waals surface area contributed by atoms with Gasteiger partial charge in [0.2, 0.25) is 0 Å². The molecule has 0 unspecified atom stereocenters. The second kappa shape index (κ2) is 9.36. The van der Waals surface area contributed by atoms with Crippen molar-refractivity contribution in [1.29, 1.82) is 0 Å². The summed E-state index contributed by atoms with van der Waals surface area (Å²) in [6.45, 7) is 0. The predicted molar refractivity (Wildman–Crippen MR) is 116 cm³/mol. The molecule has 0 saturated heterocycles. The van der Waals surface area contributed by atoms with Gasteiger partial charge in [0.25, 0.3) is 11.8 Å². The Labute approximate surface area is 178 Å². The Bertz CT molecular complexity index is 1070. The first-order chi connectivity index (χ1) is 15.2. The third-order valence-electron chi connectivity index (χ3n) is 4.42. The minimum absolute atomic E-state index is 0.262. The highest BCUT2D eigenvalue weighted by Crippen LogP contribution is 2.17. The number of hydrogen-bond acceptors (Lipinski definition) is 6. The van der Waals surface area contributed by atoms with Gasteiger partial charge < -0.3 is 10.6 Å². The summed E-state index contributed by atoms with van der Waals surface area (Å²) in [4.78, 5) is 40.0. The highest BCUT2D eigenvalue weighted by atomic mass is 16.2. The van der Waals surface area contributed by atoms with Crippen molar-refractivity contribution in [2.24, 2.45) is 0 Å². The number of carbonyl (C=O) groups is 2. The summed E-state index contributed by atoms with van der Waals surface area (Å²) in [7, 11) is 0. The molecule has 0 saturated carbocycles. The number of aromatic nitrogens is 4. The van der Waals surface area contributed by atoms with Crippen LogP contribution in [-0.4, -0.2) is 31.8 Å². The van der Waals surface area contributed by atoms with Gasteiger partial charge in [-0.2, -0.15) is 0 Å². The largest absolute Gasteiger partial charge is 0.321 e. The number of carbonyl (C=O) groups excluding carboxylic acids is 2.